The van der Waals surface area contributed by atoms with Crippen LogP contribution in [0.15, 0.2) is 0 Å². The Morgan fingerprint density at radius 2 is 1.35 bits per heavy atom. The molecule has 0 saturated heterocycles. The van der Waals surface area contributed by atoms with Crippen LogP contribution in [-0.2, 0) is 0 Å². The quantitative estimate of drug-likeness (QED) is 0.460. The summed E-state index contributed by atoms with van der Waals surface area (Å²) in [6.45, 7) is 14.3. The van der Waals surface area contributed by atoms with Crippen molar-refractivity contribution in [1.82, 2.24) is 4.90 Å². The minimum Gasteiger partial charge on any atom is -0.306 e. The summed E-state index contributed by atoms with van der Waals surface area (Å²) in [5.41, 5.74) is 0. The van der Waals surface area contributed by atoms with Gasteiger partial charge in [-0.3, -0.25) is 0 Å². The zero-order valence-corrected chi connectivity index (χ0v) is 15.6. The number of hydrogen-bond acceptors (Lipinski definition) is 1. The van der Waals surface area contributed by atoms with Gasteiger partial charge < -0.3 is 4.90 Å². The van der Waals surface area contributed by atoms with Gasteiger partial charge in [0.15, 0.2) is 0 Å². The van der Waals surface area contributed by atoms with Crippen molar-refractivity contribution in [3.05, 3.63) is 0 Å². The van der Waals surface area contributed by atoms with Gasteiger partial charge in [0.2, 0.25) is 0 Å². The average molecular weight is 284 g/mol. The maximum Gasteiger partial charge on any atom is 0.00890 e. The van der Waals surface area contributed by atoms with E-state index in [0.717, 1.165) is 23.7 Å². The molecule has 20 heavy (non-hydrogen) atoms. The van der Waals surface area contributed by atoms with Gasteiger partial charge in [-0.25, -0.2) is 0 Å². The Hall–Kier alpha value is -0.0400. The Bertz CT molecular complexity index is 222. The molecule has 0 amide bonds. The van der Waals surface area contributed by atoms with Crippen LogP contribution in [0.25, 0.3) is 0 Å². The first-order chi connectivity index (χ1) is 9.33. The minimum atomic E-state index is 0.709. The molecule has 0 fully saturated rings. The van der Waals surface area contributed by atoms with E-state index in [1.807, 2.05) is 0 Å². The summed E-state index contributed by atoms with van der Waals surface area (Å²) in [5, 5.41) is 0. The second-order valence-corrected chi connectivity index (χ2v) is 7.58. The summed E-state index contributed by atoms with van der Waals surface area (Å²) >= 11 is 0. The second kappa shape index (κ2) is 10.7. The van der Waals surface area contributed by atoms with Crippen LogP contribution in [0, 0.1) is 23.7 Å². The smallest absolute Gasteiger partial charge is 0.00890 e. The molecular weight excluding hydrogens is 242 g/mol. The zero-order chi connectivity index (χ0) is 15.7. The molecule has 0 radical (unpaired) electrons. The molecule has 0 N–H and O–H groups in total. The van der Waals surface area contributed by atoms with Gasteiger partial charge >= 0.3 is 0 Å². The normalized spacial score (nSPS) is 18.3. The van der Waals surface area contributed by atoms with Crippen LogP contribution in [0.1, 0.15) is 80.1 Å². The van der Waals surface area contributed by atoms with Gasteiger partial charge in [-0.1, -0.05) is 53.9 Å². The molecule has 122 valence electrons. The predicted octanol–water partition coefficient (Wildman–Crippen LogP) is 5.84. The highest BCUT2D eigenvalue weighted by Crippen LogP contribution is 2.30. The van der Waals surface area contributed by atoms with Crippen LogP contribution in [0.2, 0.25) is 0 Å². The van der Waals surface area contributed by atoms with Gasteiger partial charge in [0.25, 0.3) is 0 Å². The molecule has 4 atom stereocenters. The molecule has 0 aromatic rings. The van der Waals surface area contributed by atoms with Crippen LogP contribution in [0.4, 0.5) is 0 Å². The van der Waals surface area contributed by atoms with Crippen molar-refractivity contribution in [3.63, 3.8) is 0 Å². The Balaban J connectivity index is 4.37. The number of hydrogen-bond donors (Lipinski definition) is 0. The predicted molar refractivity (Wildman–Crippen MR) is 93.2 cm³/mol. The summed E-state index contributed by atoms with van der Waals surface area (Å²) in [7, 11) is 4.44. The van der Waals surface area contributed by atoms with Crippen molar-refractivity contribution >= 4 is 0 Å². The second-order valence-electron chi connectivity index (χ2n) is 7.58. The first-order valence-corrected chi connectivity index (χ1v) is 8.99. The van der Waals surface area contributed by atoms with Gasteiger partial charge in [-0.2, -0.15) is 0 Å². The summed E-state index contributed by atoms with van der Waals surface area (Å²) < 4.78 is 0. The van der Waals surface area contributed by atoms with E-state index in [9.17, 15) is 0 Å². The summed E-state index contributed by atoms with van der Waals surface area (Å²) in [5.74, 6) is 3.51. The topological polar surface area (TPSA) is 3.24 Å². The minimum absolute atomic E-state index is 0.709. The standard InChI is InChI=1S/C19H41N/c1-9-11-16(5)14-19(15(3)4)13-12-18(10-2)17(6)20(7)8/h15-19H,9-14H2,1-8H3. The Morgan fingerprint density at radius 3 is 1.75 bits per heavy atom. The SMILES string of the molecule is CCCC(C)CC(CCC(CC)C(C)N(C)C)C(C)C. The highest BCUT2D eigenvalue weighted by molar-refractivity contribution is 4.74. The third-order valence-corrected chi connectivity index (χ3v) is 5.36. The summed E-state index contributed by atoms with van der Waals surface area (Å²) in [6, 6.07) is 0.709. The Kier molecular flexibility index (Phi) is 10.6. The number of nitrogens with zero attached hydrogens (tertiary/aromatic N) is 1. The van der Waals surface area contributed by atoms with Crippen molar-refractivity contribution in [1.29, 1.82) is 0 Å². The monoisotopic (exact) mass is 283 g/mol. The summed E-state index contributed by atoms with van der Waals surface area (Å²) in [4.78, 5) is 2.39. The van der Waals surface area contributed by atoms with Crippen LogP contribution in [-0.4, -0.2) is 25.0 Å². The molecule has 1 nitrogen and oxygen atoms in total. The molecule has 0 aromatic carbocycles. The van der Waals surface area contributed by atoms with E-state index in [1.54, 1.807) is 0 Å². The molecule has 0 heterocycles. The van der Waals surface area contributed by atoms with Crippen molar-refractivity contribution < 1.29 is 0 Å². The third kappa shape index (κ3) is 7.67. The molecule has 0 aliphatic heterocycles. The van der Waals surface area contributed by atoms with Gasteiger partial charge in [0.1, 0.15) is 0 Å². The van der Waals surface area contributed by atoms with Gasteiger partial charge in [0, 0.05) is 6.04 Å². The highest BCUT2D eigenvalue weighted by atomic mass is 15.1. The van der Waals surface area contributed by atoms with Gasteiger partial charge in [0.05, 0.1) is 0 Å². The van der Waals surface area contributed by atoms with Crippen molar-refractivity contribution in [2.24, 2.45) is 23.7 Å². The lowest BCUT2D eigenvalue weighted by molar-refractivity contribution is 0.187. The van der Waals surface area contributed by atoms with Gasteiger partial charge in [-0.05, 0) is 64.0 Å². The van der Waals surface area contributed by atoms with Crippen LogP contribution in [0.3, 0.4) is 0 Å². The fraction of sp³-hybridized carbons (Fsp3) is 1.00. The molecule has 1 heteroatoms. The van der Waals surface area contributed by atoms with E-state index < -0.39 is 0 Å². The molecule has 0 saturated carbocycles. The van der Waals surface area contributed by atoms with Crippen molar-refractivity contribution in [2.75, 3.05) is 14.1 Å². The lowest BCUT2D eigenvalue weighted by atomic mass is 9.79. The molecule has 0 aromatic heterocycles. The van der Waals surface area contributed by atoms with Crippen LogP contribution >= 0.6 is 0 Å². The fourth-order valence-corrected chi connectivity index (χ4v) is 3.49. The van der Waals surface area contributed by atoms with E-state index >= 15 is 0 Å². The van der Waals surface area contributed by atoms with E-state index in [2.05, 4.69) is 60.5 Å². The first kappa shape index (κ1) is 20.0. The molecular formula is C19H41N. The van der Waals surface area contributed by atoms with Crippen molar-refractivity contribution in [2.45, 2.75) is 86.1 Å². The maximum atomic E-state index is 2.44. The maximum absolute atomic E-state index is 2.44. The van der Waals surface area contributed by atoms with E-state index in [0.29, 0.717) is 6.04 Å². The Labute approximate surface area is 129 Å². The lowest BCUT2D eigenvalue weighted by Crippen LogP contribution is -2.32. The van der Waals surface area contributed by atoms with E-state index in [4.69, 9.17) is 0 Å². The summed E-state index contributed by atoms with van der Waals surface area (Å²) in [6.07, 6.45) is 8.29. The van der Waals surface area contributed by atoms with Crippen LogP contribution < -0.4 is 0 Å². The highest BCUT2D eigenvalue weighted by Gasteiger charge is 2.21. The molecule has 0 bridgehead atoms. The zero-order valence-electron chi connectivity index (χ0n) is 15.6. The van der Waals surface area contributed by atoms with E-state index in [-0.39, 0.29) is 0 Å². The molecule has 0 aliphatic rings. The average Bonchev–Trinajstić information content (AvgIpc) is 2.37. The van der Waals surface area contributed by atoms with E-state index in [1.165, 1.54) is 38.5 Å². The van der Waals surface area contributed by atoms with Crippen LogP contribution in [0.5, 0.6) is 0 Å². The molecule has 0 rings (SSSR count). The third-order valence-electron chi connectivity index (χ3n) is 5.36. The lowest BCUT2D eigenvalue weighted by Gasteiger charge is -2.31. The van der Waals surface area contributed by atoms with Gasteiger partial charge in [-0.15, -0.1) is 0 Å². The molecule has 4 unspecified atom stereocenters. The Morgan fingerprint density at radius 1 is 0.800 bits per heavy atom. The number of rotatable bonds is 11. The van der Waals surface area contributed by atoms with Crippen molar-refractivity contribution in [3.8, 4) is 0 Å². The fourth-order valence-electron chi connectivity index (χ4n) is 3.49. The molecule has 0 aliphatic carbocycles. The largest absolute Gasteiger partial charge is 0.306 e. The molecule has 0 spiro atoms. The first-order valence-electron chi connectivity index (χ1n) is 8.99.